The van der Waals surface area contributed by atoms with E-state index in [-0.39, 0.29) is 18.1 Å². The molecule has 0 atom stereocenters. The molecule has 0 N–H and O–H groups in total. The monoisotopic (exact) mass is 302 g/mol. The Hall–Kier alpha value is -3.07. The lowest BCUT2D eigenvalue weighted by Crippen LogP contribution is -2.43. The van der Waals surface area contributed by atoms with Crippen molar-refractivity contribution in [2.45, 2.75) is 6.54 Å². The number of hydrogen-bond acceptors (Lipinski definition) is 2. The Bertz CT molecular complexity index is 827. The molecule has 3 rings (SSSR count). The first kappa shape index (κ1) is 14.9. The van der Waals surface area contributed by atoms with Crippen molar-refractivity contribution in [3.63, 3.8) is 0 Å². The van der Waals surface area contributed by atoms with E-state index in [0.29, 0.717) is 16.8 Å². The van der Waals surface area contributed by atoms with Gasteiger partial charge in [-0.15, -0.1) is 0 Å². The van der Waals surface area contributed by atoms with Gasteiger partial charge in [-0.3, -0.25) is 9.59 Å². The van der Waals surface area contributed by atoms with E-state index in [1.807, 2.05) is 42.5 Å². The van der Waals surface area contributed by atoms with Gasteiger partial charge < -0.3 is 0 Å². The van der Waals surface area contributed by atoms with E-state index in [2.05, 4.69) is 0 Å². The zero-order chi connectivity index (χ0) is 16.1. The van der Waals surface area contributed by atoms with Gasteiger partial charge in [0.2, 0.25) is 12.3 Å². The van der Waals surface area contributed by atoms with Crippen LogP contribution in [0.5, 0.6) is 0 Å². The van der Waals surface area contributed by atoms with Crippen LogP contribution < -0.4 is 4.57 Å². The summed E-state index contributed by atoms with van der Waals surface area (Å²) in [5, 5.41) is 0. The van der Waals surface area contributed by atoms with Crippen molar-refractivity contribution >= 4 is 11.6 Å². The number of hydrogen-bond donors (Lipinski definition) is 0. The first-order valence-electron chi connectivity index (χ1n) is 7.42. The Morgan fingerprint density at radius 2 is 1.26 bits per heavy atom. The quantitative estimate of drug-likeness (QED) is 0.536. The van der Waals surface area contributed by atoms with Crippen LogP contribution in [0.1, 0.15) is 26.4 Å². The summed E-state index contributed by atoms with van der Waals surface area (Å²) in [4.78, 5) is 25.0. The molecule has 3 nitrogen and oxygen atoms in total. The summed E-state index contributed by atoms with van der Waals surface area (Å²) >= 11 is 0. The van der Waals surface area contributed by atoms with Crippen molar-refractivity contribution in [3.05, 3.63) is 102 Å². The minimum atomic E-state index is -0.0907. The zero-order valence-corrected chi connectivity index (χ0v) is 12.6. The predicted molar refractivity (Wildman–Crippen MR) is 87.3 cm³/mol. The van der Waals surface area contributed by atoms with E-state index >= 15 is 0 Å². The molecule has 112 valence electrons. The molecule has 0 aliphatic rings. The minimum absolute atomic E-state index is 0.0242. The molecule has 0 aliphatic carbocycles. The number of aromatic nitrogens is 1. The number of ketones is 2. The second-order valence-electron chi connectivity index (χ2n) is 5.20. The number of benzene rings is 2. The third kappa shape index (κ3) is 3.40. The van der Waals surface area contributed by atoms with Gasteiger partial charge in [-0.2, -0.15) is 4.57 Å². The summed E-state index contributed by atoms with van der Waals surface area (Å²) in [7, 11) is 0. The van der Waals surface area contributed by atoms with Crippen LogP contribution in [0.4, 0.5) is 0 Å². The van der Waals surface area contributed by atoms with E-state index < -0.39 is 0 Å². The highest BCUT2D eigenvalue weighted by Gasteiger charge is 2.22. The Labute approximate surface area is 134 Å². The Morgan fingerprint density at radius 1 is 0.696 bits per heavy atom. The van der Waals surface area contributed by atoms with Crippen LogP contribution in [0, 0.1) is 0 Å². The summed E-state index contributed by atoms with van der Waals surface area (Å²) in [6.07, 6.45) is 1.76. The van der Waals surface area contributed by atoms with Gasteiger partial charge in [-0.05, 0) is 6.07 Å². The molecule has 0 aliphatic heterocycles. The molecule has 3 aromatic rings. The van der Waals surface area contributed by atoms with Crippen molar-refractivity contribution in [2.24, 2.45) is 0 Å². The molecule has 3 heteroatoms. The van der Waals surface area contributed by atoms with Crippen molar-refractivity contribution < 1.29 is 14.2 Å². The van der Waals surface area contributed by atoms with Crippen LogP contribution in [-0.2, 0) is 6.54 Å². The highest BCUT2D eigenvalue weighted by Crippen LogP contribution is 2.07. The van der Waals surface area contributed by atoms with E-state index in [9.17, 15) is 9.59 Å². The van der Waals surface area contributed by atoms with Crippen LogP contribution in [-0.4, -0.2) is 11.6 Å². The minimum Gasteiger partial charge on any atom is -0.287 e. The maximum Gasteiger partial charge on any atom is 0.256 e. The average molecular weight is 302 g/mol. The number of nitrogens with zero attached hydrogens (tertiary/aromatic N) is 1. The molecule has 0 radical (unpaired) electrons. The standard InChI is InChI=1S/C20H16NO2/c22-19(16-9-3-1-4-10-16)15-21-14-8-7-13-18(21)20(23)17-11-5-2-6-12-17/h1-14H,15H2/q+1. The molecule has 0 amide bonds. The molecule has 0 spiro atoms. The van der Waals surface area contributed by atoms with E-state index in [1.165, 1.54) is 0 Å². The number of pyridine rings is 1. The Kier molecular flexibility index (Phi) is 4.39. The lowest BCUT2D eigenvalue weighted by molar-refractivity contribution is -0.684. The summed E-state index contributed by atoms with van der Waals surface area (Å²) < 4.78 is 1.70. The number of carbonyl (C=O) groups is 2. The molecular weight excluding hydrogens is 286 g/mol. The normalized spacial score (nSPS) is 10.3. The average Bonchev–Trinajstić information content (AvgIpc) is 2.63. The van der Waals surface area contributed by atoms with Crippen LogP contribution >= 0.6 is 0 Å². The molecule has 23 heavy (non-hydrogen) atoms. The fraction of sp³-hybridized carbons (Fsp3) is 0.0500. The van der Waals surface area contributed by atoms with Gasteiger partial charge in [0.15, 0.2) is 6.20 Å². The Morgan fingerprint density at radius 3 is 1.91 bits per heavy atom. The molecular formula is C20H16NO2+. The van der Waals surface area contributed by atoms with Crippen molar-refractivity contribution in [2.75, 3.05) is 0 Å². The van der Waals surface area contributed by atoms with Gasteiger partial charge in [0.1, 0.15) is 0 Å². The van der Waals surface area contributed by atoms with Crippen molar-refractivity contribution in [1.29, 1.82) is 0 Å². The van der Waals surface area contributed by atoms with Crippen molar-refractivity contribution in [3.8, 4) is 0 Å². The second-order valence-corrected chi connectivity index (χ2v) is 5.20. The molecule has 0 bridgehead atoms. The molecule has 0 saturated heterocycles. The van der Waals surface area contributed by atoms with Gasteiger partial charge in [0.05, 0.1) is 0 Å². The zero-order valence-electron chi connectivity index (χ0n) is 12.6. The summed E-state index contributed by atoms with van der Waals surface area (Å²) in [5.41, 5.74) is 1.75. The lowest BCUT2D eigenvalue weighted by atomic mass is 10.1. The SMILES string of the molecule is O=C(C[n+]1ccccc1C(=O)c1ccccc1)c1ccccc1. The summed E-state index contributed by atoms with van der Waals surface area (Å²) in [5.74, 6) is -0.115. The lowest BCUT2D eigenvalue weighted by Gasteiger charge is -2.03. The number of Topliss-reactive ketones (excluding diaryl/α,β-unsaturated/α-hetero) is 1. The second kappa shape index (κ2) is 6.79. The number of rotatable bonds is 5. The van der Waals surface area contributed by atoms with Crippen LogP contribution in [0.15, 0.2) is 85.1 Å². The molecule has 1 aromatic heterocycles. The predicted octanol–water partition coefficient (Wildman–Crippen LogP) is 3.09. The topological polar surface area (TPSA) is 38.0 Å². The first-order chi connectivity index (χ1) is 11.3. The van der Waals surface area contributed by atoms with Gasteiger partial charge in [-0.25, -0.2) is 0 Å². The molecule has 1 heterocycles. The summed E-state index contributed by atoms with van der Waals surface area (Å²) in [6, 6.07) is 23.6. The smallest absolute Gasteiger partial charge is 0.256 e. The summed E-state index contributed by atoms with van der Waals surface area (Å²) in [6.45, 7) is 0.138. The Balaban J connectivity index is 1.90. The van der Waals surface area contributed by atoms with Gasteiger partial charge in [0, 0.05) is 23.3 Å². The fourth-order valence-corrected chi connectivity index (χ4v) is 2.43. The van der Waals surface area contributed by atoms with Crippen molar-refractivity contribution in [1.82, 2.24) is 0 Å². The molecule has 0 fully saturated rings. The van der Waals surface area contributed by atoms with E-state index in [4.69, 9.17) is 0 Å². The maximum atomic E-state index is 12.7. The van der Waals surface area contributed by atoms with Gasteiger partial charge in [0.25, 0.3) is 11.5 Å². The molecule has 0 saturated carbocycles. The molecule has 0 unspecified atom stereocenters. The van der Waals surface area contributed by atoms with Crippen LogP contribution in [0.25, 0.3) is 0 Å². The van der Waals surface area contributed by atoms with Gasteiger partial charge >= 0.3 is 0 Å². The fourth-order valence-electron chi connectivity index (χ4n) is 2.43. The third-order valence-corrected chi connectivity index (χ3v) is 3.62. The van der Waals surface area contributed by atoms with Crippen LogP contribution in [0.3, 0.4) is 0 Å². The highest BCUT2D eigenvalue weighted by molar-refractivity contribution is 6.06. The highest BCUT2D eigenvalue weighted by atomic mass is 16.1. The maximum absolute atomic E-state index is 12.7. The first-order valence-corrected chi connectivity index (χ1v) is 7.42. The van der Waals surface area contributed by atoms with Crippen LogP contribution in [0.2, 0.25) is 0 Å². The molecule has 2 aromatic carbocycles. The van der Waals surface area contributed by atoms with Gasteiger partial charge in [-0.1, -0.05) is 60.7 Å². The third-order valence-electron chi connectivity index (χ3n) is 3.62. The largest absolute Gasteiger partial charge is 0.287 e. The number of carbonyl (C=O) groups excluding carboxylic acids is 2. The van der Waals surface area contributed by atoms with E-state index in [1.54, 1.807) is 47.2 Å². The van der Waals surface area contributed by atoms with E-state index in [0.717, 1.165) is 0 Å².